The number of benzene rings is 2. The van der Waals surface area contributed by atoms with Crippen molar-refractivity contribution in [2.45, 2.75) is 43.5 Å². The number of carbonyl (C=O) groups excluding carboxylic acids is 1. The van der Waals surface area contributed by atoms with Crippen LogP contribution >= 0.6 is 0 Å². The molecule has 1 saturated heterocycles. The molecule has 32 heavy (non-hydrogen) atoms. The smallest absolute Gasteiger partial charge is 0.245 e. The Labute approximate surface area is 188 Å². The zero-order valence-corrected chi connectivity index (χ0v) is 19.1. The van der Waals surface area contributed by atoms with Gasteiger partial charge in [-0.05, 0) is 68.0 Å². The van der Waals surface area contributed by atoms with Crippen LogP contribution in [-0.2, 0) is 27.7 Å². The second-order valence-corrected chi connectivity index (χ2v) is 10.6. The Balaban J connectivity index is 1.28. The third-order valence-electron chi connectivity index (χ3n) is 6.76. The maximum atomic E-state index is 13.2. The number of hydrogen-bond donors (Lipinski definition) is 0. The molecular weight excluding hydrogens is 424 g/mol. The van der Waals surface area contributed by atoms with Crippen molar-refractivity contribution < 1.29 is 13.2 Å². The third-order valence-corrected chi connectivity index (χ3v) is 8.66. The fourth-order valence-electron chi connectivity index (χ4n) is 4.84. The van der Waals surface area contributed by atoms with Crippen LogP contribution in [-0.4, -0.2) is 59.3 Å². The molecule has 2 aliphatic rings. The van der Waals surface area contributed by atoms with Crippen molar-refractivity contribution in [1.82, 2.24) is 18.8 Å². The topological polar surface area (TPSA) is 75.5 Å². The fourth-order valence-corrected chi connectivity index (χ4v) is 6.31. The lowest BCUT2D eigenvalue weighted by Gasteiger charge is -2.35. The van der Waals surface area contributed by atoms with E-state index in [1.54, 1.807) is 17.3 Å². The van der Waals surface area contributed by atoms with E-state index in [1.165, 1.54) is 16.3 Å². The van der Waals surface area contributed by atoms with Gasteiger partial charge in [0, 0.05) is 26.2 Å². The monoisotopic (exact) mass is 452 g/mol. The largest absolute Gasteiger partial charge is 0.338 e. The van der Waals surface area contributed by atoms with Crippen LogP contribution in [0.5, 0.6) is 0 Å². The van der Waals surface area contributed by atoms with E-state index >= 15 is 0 Å². The van der Waals surface area contributed by atoms with E-state index in [0.717, 1.165) is 35.9 Å². The highest BCUT2D eigenvalue weighted by Crippen LogP contribution is 2.27. The van der Waals surface area contributed by atoms with Gasteiger partial charge in [0.2, 0.25) is 15.9 Å². The van der Waals surface area contributed by atoms with Crippen molar-refractivity contribution in [1.29, 1.82) is 0 Å². The zero-order valence-electron chi connectivity index (χ0n) is 18.3. The van der Waals surface area contributed by atoms with Crippen molar-refractivity contribution in [3.63, 3.8) is 0 Å². The molecule has 0 bridgehead atoms. The van der Waals surface area contributed by atoms with Gasteiger partial charge >= 0.3 is 0 Å². The Morgan fingerprint density at radius 1 is 0.969 bits per heavy atom. The Bertz CT molecular complexity index is 1260. The van der Waals surface area contributed by atoms with Crippen molar-refractivity contribution in [3.05, 3.63) is 59.9 Å². The minimum Gasteiger partial charge on any atom is -0.338 e. The number of imidazole rings is 1. The molecule has 5 rings (SSSR count). The predicted octanol–water partition coefficient (Wildman–Crippen LogP) is 3.01. The van der Waals surface area contributed by atoms with Crippen LogP contribution in [0.1, 0.15) is 36.9 Å². The van der Waals surface area contributed by atoms with Gasteiger partial charge in [-0.2, -0.15) is 4.31 Å². The molecular formula is C24H28N4O3S. The molecule has 2 heterocycles. The molecule has 8 heteroatoms. The molecule has 1 aromatic heterocycles. The van der Waals surface area contributed by atoms with Gasteiger partial charge < -0.3 is 9.47 Å². The predicted molar refractivity (Wildman–Crippen MR) is 123 cm³/mol. The van der Waals surface area contributed by atoms with Gasteiger partial charge in [-0.25, -0.2) is 13.4 Å². The molecule has 3 aromatic rings. The first-order valence-electron chi connectivity index (χ1n) is 11.3. The molecule has 1 aliphatic carbocycles. The summed E-state index contributed by atoms with van der Waals surface area (Å²) in [6, 6.07) is 12.9. The van der Waals surface area contributed by atoms with Gasteiger partial charge in [0.05, 0.1) is 22.3 Å². The lowest BCUT2D eigenvalue weighted by Crippen LogP contribution is -2.51. The molecule has 0 saturated carbocycles. The highest BCUT2D eigenvalue weighted by molar-refractivity contribution is 7.89. The van der Waals surface area contributed by atoms with E-state index < -0.39 is 16.1 Å². The summed E-state index contributed by atoms with van der Waals surface area (Å²) in [7, 11) is -3.56. The van der Waals surface area contributed by atoms with E-state index in [2.05, 4.69) is 4.98 Å². The Morgan fingerprint density at radius 3 is 2.47 bits per heavy atom. The van der Waals surface area contributed by atoms with Gasteiger partial charge in [0.15, 0.2) is 0 Å². The summed E-state index contributed by atoms with van der Waals surface area (Å²) < 4.78 is 29.8. The van der Waals surface area contributed by atoms with E-state index in [4.69, 9.17) is 0 Å². The maximum absolute atomic E-state index is 13.2. The molecule has 7 nitrogen and oxygen atoms in total. The van der Waals surface area contributed by atoms with E-state index in [1.807, 2.05) is 47.9 Å². The van der Waals surface area contributed by atoms with Gasteiger partial charge in [-0.15, -0.1) is 0 Å². The summed E-state index contributed by atoms with van der Waals surface area (Å²) in [4.78, 5) is 19.7. The number of sulfonamides is 1. The number of hydrogen-bond acceptors (Lipinski definition) is 4. The second-order valence-electron chi connectivity index (χ2n) is 8.68. The average molecular weight is 453 g/mol. The second kappa shape index (κ2) is 8.33. The van der Waals surface area contributed by atoms with E-state index in [0.29, 0.717) is 31.1 Å². The van der Waals surface area contributed by atoms with Gasteiger partial charge in [-0.3, -0.25) is 4.79 Å². The molecule has 0 spiro atoms. The standard InChI is InChI=1S/C24H28N4O3S/c1-18(28-17-25-22-8-4-5-9-23(22)28)24(29)26-12-14-27(15-13-26)32(30,31)21-11-10-19-6-2-3-7-20(19)16-21/h4-5,8-11,16-18H,2-3,6-7,12-15H2,1H3. The first-order valence-corrected chi connectivity index (χ1v) is 12.7. The number of nitrogens with zero attached hydrogens (tertiary/aromatic N) is 4. The first-order chi connectivity index (χ1) is 15.4. The average Bonchev–Trinajstić information content (AvgIpc) is 3.27. The lowest BCUT2D eigenvalue weighted by atomic mass is 9.92. The third kappa shape index (κ3) is 3.71. The molecule has 2 aromatic carbocycles. The summed E-state index contributed by atoms with van der Waals surface area (Å²) in [6.45, 7) is 3.26. The fraction of sp³-hybridized carbons (Fsp3) is 0.417. The van der Waals surface area contributed by atoms with Crippen molar-refractivity contribution >= 4 is 27.0 Å². The van der Waals surface area contributed by atoms with Crippen molar-refractivity contribution in [2.75, 3.05) is 26.2 Å². The molecule has 1 fully saturated rings. The lowest BCUT2D eigenvalue weighted by molar-refractivity contribution is -0.135. The first kappa shape index (κ1) is 21.2. The number of carbonyl (C=O) groups is 1. The van der Waals surface area contributed by atoms with E-state index in [9.17, 15) is 13.2 Å². The van der Waals surface area contributed by atoms with Crippen LogP contribution in [0.2, 0.25) is 0 Å². The van der Waals surface area contributed by atoms with Crippen LogP contribution in [0.15, 0.2) is 53.7 Å². The van der Waals surface area contributed by atoms with Gasteiger partial charge in [0.25, 0.3) is 0 Å². The summed E-state index contributed by atoms with van der Waals surface area (Å²) >= 11 is 0. The summed E-state index contributed by atoms with van der Waals surface area (Å²) in [5, 5.41) is 0. The summed E-state index contributed by atoms with van der Waals surface area (Å²) in [5.74, 6) is -0.0148. The molecule has 1 atom stereocenters. The normalized spacial score (nSPS) is 18.5. The van der Waals surface area contributed by atoms with Gasteiger partial charge in [0.1, 0.15) is 6.04 Å². The minimum absolute atomic E-state index is 0.0148. The number of aryl methyl sites for hydroxylation is 2. The number of rotatable bonds is 4. The van der Waals surface area contributed by atoms with Crippen molar-refractivity contribution in [3.8, 4) is 0 Å². The Hall–Kier alpha value is -2.71. The number of amides is 1. The number of piperazine rings is 1. The quantitative estimate of drug-likeness (QED) is 0.610. The number of aromatic nitrogens is 2. The molecule has 168 valence electrons. The summed E-state index contributed by atoms with van der Waals surface area (Å²) in [6.07, 6.45) is 5.96. The number of fused-ring (bicyclic) bond motifs is 2. The molecule has 1 unspecified atom stereocenters. The van der Waals surface area contributed by atoms with Crippen LogP contribution < -0.4 is 0 Å². The molecule has 0 N–H and O–H groups in total. The zero-order chi connectivity index (χ0) is 22.3. The van der Waals surface area contributed by atoms with Gasteiger partial charge in [-0.1, -0.05) is 18.2 Å². The van der Waals surface area contributed by atoms with Crippen molar-refractivity contribution in [2.24, 2.45) is 0 Å². The molecule has 0 radical (unpaired) electrons. The van der Waals surface area contributed by atoms with E-state index in [-0.39, 0.29) is 5.91 Å². The SMILES string of the molecule is CC(C(=O)N1CCN(S(=O)(=O)c2ccc3c(c2)CCCC3)CC1)n1cnc2ccccc21. The molecule has 1 aliphatic heterocycles. The minimum atomic E-state index is -3.56. The Kier molecular flexibility index (Phi) is 5.51. The maximum Gasteiger partial charge on any atom is 0.245 e. The van der Waals surface area contributed by atoms with Crippen LogP contribution in [0.4, 0.5) is 0 Å². The number of para-hydroxylation sites is 2. The molecule has 1 amide bonds. The van der Waals surface area contributed by atoms with Crippen LogP contribution in [0.3, 0.4) is 0 Å². The highest BCUT2D eigenvalue weighted by Gasteiger charge is 2.32. The summed E-state index contributed by atoms with van der Waals surface area (Å²) in [5.41, 5.74) is 4.20. The van der Waals surface area contributed by atoms with Crippen LogP contribution in [0.25, 0.3) is 11.0 Å². The van der Waals surface area contributed by atoms with Crippen LogP contribution in [0, 0.1) is 0 Å². The Morgan fingerprint density at radius 2 is 1.69 bits per heavy atom. The highest BCUT2D eigenvalue weighted by atomic mass is 32.2.